The summed E-state index contributed by atoms with van der Waals surface area (Å²) in [5, 5.41) is 3.46. The maximum Gasteiger partial charge on any atom is 0.0615 e. The molecule has 0 spiro atoms. The summed E-state index contributed by atoms with van der Waals surface area (Å²) in [5.41, 5.74) is 0. The van der Waals surface area contributed by atoms with Crippen molar-refractivity contribution in [1.29, 1.82) is 0 Å². The summed E-state index contributed by atoms with van der Waals surface area (Å²) >= 11 is 0. The molecule has 1 aliphatic heterocycles. The molecule has 0 radical (unpaired) electrons. The van der Waals surface area contributed by atoms with Crippen molar-refractivity contribution in [2.75, 3.05) is 40.9 Å². The predicted molar refractivity (Wildman–Crippen MR) is 50.3 cm³/mol. The number of nitrogens with one attached hydrogen (secondary N) is 1. The molecule has 1 fully saturated rings. The monoisotopic (exact) mass is 172 g/mol. The van der Waals surface area contributed by atoms with Crippen LogP contribution in [0, 0.1) is 5.92 Å². The van der Waals surface area contributed by atoms with E-state index in [0.29, 0.717) is 6.04 Å². The molecule has 12 heavy (non-hydrogen) atoms. The third kappa shape index (κ3) is 3.09. The second kappa shape index (κ2) is 4.80. The molecule has 0 bridgehead atoms. The van der Waals surface area contributed by atoms with Gasteiger partial charge in [-0.1, -0.05) is 0 Å². The minimum absolute atomic E-state index is 0.583. The van der Waals surface area contributed by atoms with Crippen LogP contribution < -0.4 is 5.32 Å². The largest absolute Gasteiger partial charge is 0.383 e. The molecule has 2 atom stereocenters. The van der Waals surface area contributed by atoms with Crippen LogP contribution in [0.4, 0.5) is 0 Å². The number of hydrogen-bond donors (Lipinski definition) is 1. The van der Waals surface area contributed by atoms with Crippen LogP contribution in [0.3, 0.4) is 0 Å². The molecule has 0 saturated carbocycles. The smallest absolute Gasteiger partial charge is 0.0615 e. The number of rotatable bonds is 4. The first-order chi connectivity index (χ1) is 5.72. The Bertz CT molecular complexity index is 128. The molecule has 0 aromatic rings. The average Bonchev–Trinajstić information content (AvgIpc) is 2.36. The van der Waals surface area contributed by atoms with Gasteiger partial charge in [0.2, 0.25) is 0 Å². The zero-order valence-electron chi connectivity index (χ0n) is 8.34. The fourth-order valence-electron chi connectivity index (χ4n) is 1.89. The molecule has 3 heteroatoms. The zero-order valence-corrected chi connectivity index (χ0v) is 8.34. The van der Waals surface area contributed by atoms with Crippen LogP contribution in [-0.2, 0) is 4.74 Å². The molecule has 2 unspecified atom stereocenters. The highest BCUT2D eigenvalue weighted by Crippen LogP contribution is 2.14. The standard InChI is InChI=1S/C9H20N2O/c1-11(2)6-8-4-9(7-12-3)10-5-8/h8-10H,4-7H2,1-3H3. The zero-order chi connectivity index (χ0) is 8.97. The average molecular weight is 172 g/mol. The summed E-state index contributed by atoms with van der Waals surface area (Å²) in [6, 6.07) is 0.583. The molecule has 1 aliphatic rings. The third-order valence-corrected chi connectivity index (χ3v) is 2.30. The summed E-state index contributed by atoms with van der Waals surface area (Å²) in [7, 11) is 6.02. The van der Waals surface area contributed by atoms with Crippen LogP contribution >= 0.6 is 0 Å². The quantitative estimate of drug-likeness (QED) is 0.654. The first-order valence-corrected chi connectivity index (χ1v) is 4.59. The van der Waals surface area contributed by atoms with E-state index in [4.69, 9.17) is 4.74 Å². The van der Waals surface area contributed by atoms with E-state index < -0.39 is 0 Å². The van der Waals surface area contributed by atoms with E-state index >= 15 is 0 Å². The number of hydrogen-bond acceptors (Lipinski definition) is 3. The van der Waals surface area contributed by atoms with E-state index in [1.165, 1.54) is 13.0 Å². The number of methoxy groups -OCH3 is 1. The summed E-state index contributed by atoms with van der Waals surface area (Å²) in [5.74, 6) is 0.806. The van der Waals surface area contributed by atoms with E-state index in [1.807, 2.05) is 0 Å². The summed E-state index contributed by atoms with van der Waals surface area (Å²) in [4.78, 5) is 2.25. The molecule has 3 nitrogen and oxygen atoms in total. The first-order valence-electron chi connectivity index (χ1n) is 4.59. The molecule has 0 aromatic heterocycles. The van der Waals surface area contributed by atoms with Crippen LogP contribution in [0.15, 0.2) is 0 Å². The highest BCUT2D eigenvalue weighted by molar-refractivity contribution is 4.82. The van der Waals surface area contributed by atoms with E-state index in [1.54, 1.807) is 7.11 Å². The van der Waals surface area contributed by atoms with Gasteiger partial charge in [-0.05, 0) is 33.0 Å². The minimum Gasteiger partial charge on any atom is -0.383 e. The number of ether oxygens (including phenoxy) is 1. The van der Waals surface area contributed by atoms with Gasteiger partial charge in [-0.15, -0.1) is 0 Å². The molecule has 0 aromatic carbocycles. The van der Waals surface area contributed by atoms with Gasteiger partial charge in [0.25, 0.3) is 0 Å². The molecular weight excluding hydrogens is 152 g/mol. The maximum atomic E-state index is 5.10. The third-order valence-electron chi connectivity index (χ3n) is 2.30. The van der Waals surface area contributed by atoms with Crippen LogP contribution in [0.25, 0.3) is 0 Å². The lowest BCUT2D eigenvalue weighted by Gasteiger charge is -2.14. The van der Waals surface area contributed by atoms with Crippen LogP contribution in [-0.4, -0.2) is 51.8 Å². The lowest BCUT2D eigenvalue weighted by Crippen LogP contribution is -2.26. The maximum absolute atomic E-state index is 5.10. The highest BCUT2D eigenvalue weighted by Gasteiger charge is 2.23. The molecule has 0 amide bonds. The van der Waals surface area contributed by atoms with Crippen molar-refractivity contribution in [3.63, 3.8) is 0 Å². The molecule has 1 rings (SSSR count). The van der Waals surface area contributed by atoms with Gasteiger partial charge >= 0.3 is 0 Å². The van der Waals surface area contributed by atoms with Crippen molar-refractivity contribution in [2.24, 2.45) is 5.92 Å². The Morgan fingerprint density at radius 1 is 1.50 bits per heavy atom. The molecular formula is C9H20N2O. The summed E-state index contributed by atoms with van der Waals surface area (Å²) in [6.07, 6.45) is 1.26. The Morgan fingerprint density at radius 2 is 2.25 bits per heavy atom. The van der Waals surface area contributed by atoms with E-state index in [2.05, 4.69) is 24.3 Å². The highest BCUT2D eigenvalue weighted by atomic mass is 16.5. The lowest BCUT2D eigenvalue weighted by atomic mass is 10.1. The first kappa shape index (κ1) is 9.96. The SMILES string of the molecule is COCC1CC(CN(C)C)CN1. The fourth-order valence-corrected chi connectivity index (χ4v) is 1.89. The fraction of sp³-hybridized carbons (Fsp3) is 1.00. The van der Waals surface area contributed by atoms with Crippen LogP contribution in [0.1, 0.15) is 6.42 Å². The van der Waals surface area contributed by atoms with Crippen LogP contribution in [0.2, 0.25) is 0 Å². The van der Waals surface area contributed by atoms with Gasteiger partial charge in [0.05, 0.1) is 6.61 Å². The normalized spacial score (nSPS) is 30.0. The van der Waals surface area contributed by atoms with E-state index in [0.717, 1.165) is 19.1 Å². The van der Waals surface area contributed by atoms with Crippen molar-refractivity contribution in [3.8, 4) is 0 Å². The van der Waals surface area contributed by atoms with Crippen molar-refractivity contribution in [3.05, 3.63) is 0 Å². The van der Waals surface area contributed by atoms with Gasteiger partial charge in [-0.3, -0.25) is 0 Å². The van der Waals surface area contributed by atoms with Crippen molar-refractivity contribution < 1.29 is 4.74 Å². The Balaban J connectivity index is 2.16. The van der Waals surface area contributed by atoms with Gasteiger partial charge in [0.1, 0.15) is 0 Å². The van der Waals surface area contributed by atoms with E-state index in [9.17, 15) is 0 Å². The van der Waals surface area contributed by atoms with Gasteiger partial charge < -0.3 is 15.0 Å². The Labute approximate surface area is 75.1 Å². The molecule has 72 valence electrons. The van der Waals surface area contributed by atoms with Gasteiger partial charge in [-0.2, -0.15) is 0 Å². The molecule has 1 heterocycles. The second-order valence-electron chi connectivity index (χ2n) is 3.92. The molecule has 0 aliphatic carbocycles. The second-order valence-corrected chi connectivity index (χ2v) is 3.92. The van der Waals surface area contributed by atoms with Crippen LogP contribution in [0.5, 0.6) is 0 Å². The van der Waals surface area contributed by atoms with Crippen molar-refractivity contribution in [1.82, 2.24) is 10.2 Å². The molecule has 1 saturated heterocycles. The van der Waals surface area contributed by atoms with Gasteiger partial charge in [-0.25, -0.2) is 0 Å². The van der Waals surface area contributed by atoms with Crippen molar-refractivity contribution in [2.45, 2.75) is 12.5 Å². The summed E-state index contributed by atoms with van der Waals surface area (Å²) in [6.45, 7) is 3.18. The Hall–Kier alpha value is -0.120. The molecule has 1 N–H and O–H groups in total. The Kier molecular flexibility index (Phi) is 3.98. The van der Waals surface area contributed by atoms with Gasteiger partial charge in [0.15, 0.2) is 0 Å². The van der Waals surface area contributed by atoms with Gasteiger partial charge in [0, 0.05) is 19.7 Å². The topological polar surface area (TPSA) is 24.5 Å². The lowest BCUT2D eigenvalue weighted by molar-refractivity contribution is 0.171. The Morgan fingerprint density at radius 3 is 2.83 bits per heavy atom. The predicted octanol–water partition coefficient (Wildman–Crippen LogP) is 0.173. The summed E-state index contributed by atoms with van der Waals surface area (Å²) < 4.78 is 5.10. The minimum atomic E-state index is 0.583. The van der Waals surface area contributed by atoms with E-state index in [-0.39, 0.29) is 0 Å². The van der Waals surface area contributed by atoms with Crippen molar-refractivity contribution >= 4 is 0 Å². The number of nitrogens with zero attached hydrogens (tertiary/aromatic N) is 1.